The van der Waals surface area contributed by atoms with Gasteiger partial charge >= 0.3 is 0 Å². The lowest BCUT2D eigenvalue weighted by atomic mass is 9.87. The monoisotopic (exact) mass is 204 g/mol. The van der Waals surface area contributed by atoms with Crippen molar-refractivity contribution in [1.82, 2.24) is 4.98 Å². The van der Waals surface area contributed by atoms with Crippen molar-refractivity contribution in [2.45, 2.75) is 44.6 Å². The third kappa shape index (κ3) is 2.37. The highest BCUT2D eigenvalue weighted by molar-refractivity contribution is 5.11. The molecule has 0 bridgehead atoms. The Hall–Kier alpha value is -0.890. The molecule has 2 N–H and O–H groups in total. The largest absolute Gasteiger partial charge is 0.327 e. The van der Waals surface area contributed by atoms with E-state index in [1.54, 1.807) is 0 Å². The third-order valence-electron chi connectivity index (χ3n) is 3.68. The van der Waals surface area contributed by atoms with E-state index in [9.17, 15) is 0 Å². The van der Waals surface area contributed by atoms with Crippen LogP contribution in [0, 0.1) is 5.92 Å². The average Bonchev–Trinajstić information content (AvgIpc) is 2.82. The zero-order valence-corrected chi connectivity index (χ0v) is 9.39. The normalized spacial score (nSPS) is 21.5. The van der Waals surface area contributed by atoms with Crippen molar-refractivity contribution in [2.75, 3.05) is 0 Å². The van der Waals surface area contributed by atoms with Crippen LogP contribution in [0.5, 0.6) is 0 Å². The van der Waals surface area contributed by atoms with Crippen molar-refractivity contribution in [3.05, 3.63) is 30.1 Å². The van der Waals surface area contributed by atoms with E-state index in [0.717, 1.165) is 5.69 Å². The molecule has 2 rings (SSSR count). The van der Waals surface area contributed by atoms with E-state index >= 15 is 0 Å². The predicted octanol–water partition coefficient (Wildman–Crippen LogP) is 2.70. The summed E-state index contributed by atoms with van der Waals surface area (Å²) in [6.45, 7) is 2.20. The lowest BCUT2D eigenvalue weighted by Crippen LogP contribution is -2.34. The SMILES string of the molecule is CC(c1ccccn1)C(N)C1CCCC1. The fourth-order valence-corrected chi connectivity index (χ4v) is 2.59. The van der Waals surface area contributed by atoms with Crippen LogP contribution in [-0.4, -0.2) is 11.0 Å². The van der Waals surface area contributed by atoms with Gasteiger partial charge in [0, 0.05) is 23.9 Å². The summed E-state index contributed by atoms with van der Waals surface area (Å²) in [6, 6.07) is 6.36. The van der Waals surface area contributed by atoms with Gasteiger partial charge in [-0.25, -0.2) is 0 Å². The Labute approximate surface area is 91.9 Å². The number of pyridine rings is 1. The lowest BCUT2D eigenvalue weighted by molar-refractivity contribution is 0.382. The molecule has 1 fully saturated rings. The van der Waals surface area contributed by atoms with E-state index in [0.29, 0.717) is 11.8 Å². The average molecular weight is 204 g/mol. The molecule has 1 aliphatic carbocycles. The molecule has 1 heterocycles. The first-order chi connectivity index (χ1) is 7.29. The third-order valence-corrected chi connectivity index (χ3v) is 3.68. The molecule has 0 aliphatic heterocycles. The summed E-state index contributed by atoms with van der Waals surface area (Å²) in [5.74, 6) is 1.09. The molecule has 15 heavy (non-hydrogen) atoms. The molecular formula is C13H20N2. The molecule has 1 aromatic rings. The van der Waals surface area contributed by atoms with Gasteiger partial charge in [-0.05, 0) is 30.9 Å². The van der Waals surface area contributed by atoms with Crippen LogP contribution in [0.3, 0.4) is 0 Å². The highest BCUT2D eigenvalue weighted by Crippen LogP contribution is 2.32. The molecule has 1 aromatic heterocycles. The zero-order valence-electron chi connectivity index (χ0n) is 9.39. The summed E-state index contributed by atoms with van der Waals surface area (Å²) >= 11 is 0. The molecular weight excluding hydrogens is 184 g/mol. The first-order valence-electron chi connectivity index (χ1n) is 5.95. The molecule has 0 aromatic carbocycles. The van der Waals surface area contributed by atoms with Gasteiger partial charge in [-0.15, -0.1) is 0 Å². The van der Waals surface area contributed by atoms with Gasteiger partial charge in [0.1, 0.15) is 0 Å². The minimum Gasteiger partial charge on any atom is -0.327 e. The van der Waals surface area contributed by atoms with Crippen LogP contribution < -0.4 is 5.73 Å². The van der Waals surface area contributed by atoms with Crippen molar-refractivity contribution in [1.29, 1.82) is 0 Å². The summed E-state index contributed by atoms with van der Waals surface area (Å²) < 4.78 is 0. The molecule has 1 aliphatic rings. The number of rotatable bonds is 3. The fourth-order valence-electron chi connectivity index (χ4n) is 2.59. The minimum atomic E-state index is 0.280. The molecule has 1 saturated carbocycles. The summed E-state index contributed by atoms with van der Waals surface area (Å²) in [5, 5.41) is 0. The van der Waals surface area contributed by atoms with E-state index in [4.69, 9.17) is 5.73 Å². The topological polar surface area (TPSA) is 38.9 Å². The maximum Gasteiger partial charge on any atom is 0.0447 e. The highest BCUT2D eigenvalue weighted by atomic mass is 14.7. The minimum absolute atomic E-state index is 0.280. The molecule has 2 unspecified atom stereocenters. The number of hydrogen-bond donors (Lipinski definition) is 1. The number of nitrogens with zero attached hydrogens (tertiary/aromatic N) is 1. The van der Waals surface area contributed by atoms with Gasteiger partial charge in [-0.3, -0.25) is 4.98 Å². The molecule has 2 heteroatoms. The van der Waals surface area contributed by atoms with Gasteiger partial charge in [0.25, 0.3) is 0 Å². The second-order valence-electron chi connectivity index (χ2n) is 4.67. The Morgan fingerprint density at radius 2 is 2.07 bits per heavy atom. The smallest absolute Gasteiger partial charge is 0.0447 e. The Kier molecular flexibility index (Phi) is 3.37. The van der Waals surface area contributed by atoms with Gasteiger partial charge < -0.3 is 5.73 Å². The standard InChI is InChI=1S/C13H20N2/c1-10(12-8-4-5-9-15-12)13(14)11-6-2-3-7-11/h4-5,8-11,13H,2-3,6-7,14H2,1H3. The Bertz CT molecular complexity index is 291. The maximum absolute atomic E-state index is 6.31. The molecule has 82 valence electrons. The number of nitrogens with two attached hydrogens (primary N) is 1. The zero-order chi connectivity index (χ0) is 10.7. The van der Waals surface area contributed by atoms with Crippen LogP contribution in [0.1, 0.15) is 44.2 Å². The van der Waals surface area contributed by atoms with Crippen LogP contribution in [-0.2, 0) is 0 Å². The van der Waals surface area contributed by atoms with E-state index in [1.807, 2.05) is 18.3 Å². The maximum atomic E-state index is 6.31. The molecule has 0 amide bonds. The Morgan fingerprint density at radius 3 is 2.67 bits per heavy atom. The number of aromatic nitrogens is 1. The van der Waals surface area contributed by atoms with Crippen molar-refractivity contribution < 1.29 is 0 Å². The first-order valence-corrected chi connectivity index (χ1v) is 5.95. The van der Waals surface area contributed by atoms with Crippen LogP contribution in [0.25, 0.3) is 0 Å². The van der Waals surface area contributed by atoms with Crippen molar-refractivity contribution in [2.24, 2.45) is 11.7 Å². The lowest BCUT2D eigenvalue weighted by Gasteiger charge is -2.25. The van der Waals surface area contributed by atoms with Crippen molar-refractivity contribution in [3.63, 3.8) is 0 Å². The summed E-state index contributed by atoms with van der Waals surface area (Å²) in [5.41, 5.74) is 7.45. The van der Waals surface area contributed by atoms with Crippen LogP contribution >= 0.6 is 0 Å². The van der Waals surface area contributed by atoms with Crippen LogP contribution in [0.2, 0.25) is 0 Å². The molecule has 2 nitrogen and oxygen atoms in total. The molecule has 0 spiro atoms. The Balaban J connectivity index is 2.03. The van der Waals surface area contributed by atoms with Gasteiger partial charge in [-0.2, -0.15) is 0 Å². The summed E-state index contributed by atoms with van der Waals surface area (Å²) in [4.78, 5) is 4.39. The van der Waals surface area contributed by atoms with Gasteiger partial charge in [0.05, 0.1) is 0 Å². The van der Waals surface area contributed by atoms with E-state index in [-0.39, 0.29) is 6.04 Å². The molecule has 0 radical (unpaired) electrons. The number of hydrogen-bond acceptors (Lipinski definition) is 2. The fraction of sp³-hybridized carbons (Fsp3) is 0.615. The van der Waals surface area contributed by atoms with Gasteiger partial charge in [-0.1, -0.05) is 25.8 Å². The molecule has 2 atom stereocenters. The first kappa shape index (κ1) is 10.6. The van der Waals surface area contributed by atoms with E-state index in [1.165, 1.54) is 25.7 Å². The van der Waals surface area contributed by atoms with E-state index in [2.05, 4.69) is 18.0 Å². The second kappa shape index (κ2) is 4.75. The van der Waals surface area contributed by atoms with Crippen molar-refractivity contribution in [3.8, 4) is 0 Å². The summed E-state index contributed by atoms with van der Waals surface area (Å²) in [6.07, 6.45) is 7.17. The molecule has 0 saturated heterocycles. The predicted molar refractivity (Wildman–Crippen MR) is 62.6 cm³/mol. The second-order valence-corrected chi connectivity index (χ2v) is 4.67. The van der Waals surface area contributed by atoms with E-state index < -0.39 is 0 Å². The van der Waals surface area contributed by atoms with Crippen LogP contribution in [0.4, 0.5) is 0 Å². The Morgan fingerprint density at radius 1 is 1.33 bits per heavy atom. The highest BCUT2D eigenvalue weighted by Gasteiger charge is 2.27. The quantitative estimate of drug-likeness (QED) is 0.822. The van der Waals surface area contributed by atoms with Gasteiger partial charge in [0.2, 0.25) is 0 Å². The summed E-state index contributed by atoms with van der Waals surface area (Å²) in [7, 11) is 0. The van der Waals surface area contributed by atoms with Crippen molar-refractivity contribution >= 4 is 0 Å². The van der Waals surface area contributed by atoms with Crippen LogP contribution in [0.15, 0.2) is 24.4 Å². The van der Waals surface area contributed by atoms with Gasteiger partial charge in [0.15, 0.2) is 0 Å².